The van der Waals surface area contributed by atoms with Gasteiger partial charge in [0, 0.05) is 57.4 Å². The minimum absolute atomic E-state index is 0.0876. The highest BCUT2D eigenvalue weighted by Crippen LogP contribution is 2.32. The summed E-state index contributed by atoms with van der Waals surface area (Å²) in [6, 6.07) is 5.01. The van der Waals surface area contributed by atoms with Crippen LogP contribution in [0.3, 0.4) is 0 Å². The zero-order valence-electron chi connectivity index (χ0n) is 16.5. The van der Waals surface area contributed by atoms with Gasteiger partial charge in [0.1, 0.15) is 0 Å². The van der Waals surface area contributed by atoms with Gasteiger partial charge in [-0.15, -0.1) is 0 Å². The molecule has 3 fully saturated rings. The molecule has 3 aliphatic rings. The second-order valence-corrected chi connectivity index (χ2v) is 8.29. The molecule has 3 aliphatic heterocycles. The van der Waals surface area contributed by atoms with Crippen molar-refractivity contribution in [3.8, 4) is 0 Å². The van der Waals surface area contributed by atoms with Crippen LogP contribution in [-0.4, -0.2) is 79.5 Å². The highest BCUT2D eigenvalue weighted by atomic mass is 19.4. The van der Waals surface area contributed by atoms with E-state index in [2.05, 4.69) is 10.2 Å². The van der Waals surface area contributed by atoms with Gasteiger partial charge in [0.2, 0.25) is 5.91 Å². The maximum Gasteiger partial charge on any atom is 0.416 e. The Morgan fingerprint density at radius 3 is 2.47 bits per heavy atom. The molecule has 5 nitrogen and oxygen atoms in total. The number of piperazine rings is 1. The van der Waals surface area contributed by atoms with E-state index in [0.29, 0.717) is 44.8 Å². The second-order valence-electron chi connectivity index (χ2n) is 8.29. The summed E-state index contributed by atoms with van der Waals surface area (Å²) in [7, 11) is 0. The number of benzene rings is 1. The van der Waals surface area contributed by atoms with Crippen LogP contribution in [0.2, 0.25) is 0 Å². The molecule has 1 N–H and O–H groups in total. The van der Waals surface area contributed by atoms with Crippen molar-refractivity contribution >= 4 is 11.6 Å². The number of amides is 1. The number of hydrogen-bond acceptors (Lipinski definition) is 4. The fraction of sp³-hybridized carbons (Fsp3) is 0.650. The molecule has 166 valence electrons. The smallest absolute Gasteiger partial charge is 0.369 e. The van der Waals surface area contributed by atoms with E-state index in [0.717, 1.165) is 6.07 Å². The number of rotatable bonds is 3. The van der Waals surface area contributed by atoms with Crippen LogP contribution in [0.5, 0.6) is 0 Å². The van der Waals surface area contributed by atoms with Crippen LogP contribution >= 0.6 is 0 Å². The molecule has 0 radical (unpaired) electrons. The first-order chi connectivity index (χ1) is 14.1. The van der Waals surface area contributed by atoms with E-state index in [-0.39, 0.29) is 24.9 Å². The Hall–Kier alpha value is -1.94. The van der Waals surface area contributed by atoms with Crippen molar-refractivity contribution in [1.29, 1.82) is 0 Å². The lowest BCUT2D eigenvalue weighted by Crippen LogP contribution is -2.51. The Morgan fingerprint density at radius 2 is 1.83 bits per heavy atom. The van der Waals surface area contributed by atoms with E-state index < -0.39 is 30.2 Å². The molecule has 3 saturated heterocycles. The molecular weight excluding hydrogens is 407 g/mol. The van der Waals surface area contributed by atoms with E-state index in [1.54, 1.807) is 6.07 Å². The minimum Gasteiger partial charge on any atom is -0.369 e. The summed E-state index contributed by atoms with van der Waals surface area (Å²) in [4.78, 5) is 17.9. The zero-order valence-corrected chi connectivity index (χ0v) is 16.5. The number of nitrogens with zero attached hydrogens (tertiary/aromatic N) is 3. The van der Waals surface area contributed by atoms with Crippen LogP contribution in [-0.2, 0) is 11.0 Å². The first-order valence-electron chi connectivity index (χ1n) is 10.2. The molecule has 0 saturated carbocycles. The van der Waals surface area contributed by atoms with Crippen LogP contribution in [0.25, 0.3) is 0 Å². The van der Waals surface area contributed by atoms with Crippen molar-refractivity contribution in [3.63, 3.8) is 0 Å². The molecule has 3 heterocycles. The molecule has 4 rings (SSSR count). The summed E-state index contributed by atoms with van der Waals surface area (Å²) in [6.45, 7) is 2.71. The molecule has 0 aliphatic carbocycles. The van der Waals surface area contributed by atoms with Gasteiger partial charge in [-0.1, -0.05) is 6.07 Å². The van der Waals surface area contributed by atoms with Gasteiger partial charge in [0.15, 0.2) is 0 Å². The van der Waals surface area contributed by atoms with Gasteiger partial charge < -0.3 is 15.1 Å². The van der Waals surface area contributed by atoms with Crippen molar-refractivity contribution in [3.05, 3.63) is 29.8 Å². The predicted octanol–water partition coefficient (Wildman–Crippen LogP) is 2.43. The highest BCUT2D eigenvalue weighted by Gasteiger charge is 2.44. The Morgan fingerprint density at radius 1 is 1.10 bits per heavy atom. The van der Waals surface area contributed by atoms with Gasteiger partial charge in [0.05, 0.1) is 18.2 Å². The summed E-state index contributed by atoms with van der Waals surface area (Å²) < 4.78 is 65.6. The van der Waals surface area contributed by atoms with Crippen molar-refractivity contribution in [2.75, 3.05) is 50.7 Å². The molecule has 10 heteroatoms. The van der Waals surface area contributed by atoms with E-state index >= 15 is 0 Å². The molecular formula is C20H25F5N4O. The van der Waals surface area contributed by atoms with Gasteiger partial charge in [-0.25, -0.2) is 8.78 Å². The lowest BCUT2D eigenvalue weighted by Gasteiger charge is -2.39. The standard InChI is InChI=1S/C20H25F5N4O/c21-19(22)4-5-29(13-19)18(30)17-11-16(12-26-17)28-8-6-27(7-9-28)15-3-1-2-14(10-15)20(23,24)25/h1-3,10,16-17,26H,4-9,11-13H2/t16-,17-/m0/s1. The molecule has 0 aromatic heterocycles. The van der Waals surface area contributed by atoms with Gasteiger partial charge in [-0.2, -0.15) is 13.2 Å². The molecule has 30 heavy (non-hydrogen) atoms. The number of anilines is 1. The third kappa shape index (κ3) is 4.54. The Balaban J connectivity index is 1.30. The Bertz CT molecular complexity index is 779. The van der Waals surface area contributed by atoms with Crippen molar-refractivity contribution in [2.45, 2.75) is 37.0 Å². The Kier molecular flexibility index (Phi) is 5.65. The fourth-order valence-electron chi connectivity index (χ4n) is 4.55. The summed E-state index contributed by atoms with van der Waals surface area (Å²) in [5, 5.41) is 3.16. The maximum absolute atomic E-state index is 13.4. The number of alkyl halides is 5. The van der Waals surface area contributed by atoms with Gasteiger partial charge in [-0.3, -0.25) is 9.69 Å². The van der Waals surface area contributed by atoms with Crippen LogP contribution < -0.4 is 10.2 Å². The third-order valence-electron chi connectivity index (χ3n) is 6.26. The monoisotopic (exact) mass is 432 g/mol. The molecule has 1 amide bonds. The SMILES string of the molecule is O=C([C@@H]1C[C@H](N2CCN(c3cccc(C(F)(F)F)c3)CC2)CN1)N1CCC(F)(F)C1. The van der Waals surface area contributed by atoms with E-state index in [1.165, 1.54) is 17.0 Å². The lowest BCUT2D eigenvalue weighted by molar-refractivity contribution is -0.137. The average molecular weight is 432 g/mol. The number of nitrogens with one attached hydrogen (secondary N) is 1. The molecule has 0 bridgehead atoms. The topological polar surface area (TPSA) is 38.8 Å². The van der Waals surface area contributed by atoms with Crippen molar-refractivity contribution in [1.82, 2.24) is 15.1 Å². The Labute approximate surface area is 171 Å². The molecule has 2 atom stereocenters. The third-order valence-corrected chi connectivity index (χ3v) is 6.26. The lowest BCUT2D eigenvalue weighted by atomic mass is 10.1. The number of carbonyl (C=O) groups excluding carboxylic acids is 1. The van der Waals surface area contributed by atoms with Crippen LogP contribution in [0.15, 0.2) is 24.3 Å². The number of carbonyl (C=O) groups is 1. The van der Waals surface area contributed by atoms with Crippen LogP contribution in [0, 0.1) is 0 Å². The summed E-state index contributed by atoms with van der Waals surface area (Å²) in [5.41, 5.74) is -0.103. The van der Waals surface area contributed by atoms with Crippen LogP contribution in [0.1, 0.15) is 18.4 Å². The maximum atomic E-state index is 13.4. The van der Waals surface area contributed by atoms with Crippen molar-refractivity contribution in [2.24, 2.45) is 0 Å². The minimum atomic E-state index is -4.37. The average Bonchev–Trinajstić information content (AvgIpc) is 3.34. The molecule has 0 unspecified atom stereocenters. The van der Waals surface area contributed by atoms with Gasteiger partial charge in [-0.05, 0) is 24.6 Å². The first kappa shape index (κ1) is 21.3. The molecule has 1 aromatic carbocycles. The number of hydrogen-bond donors (Lipinski definition) is 1. The van der Waals surface area contributed by atoms with Crippen LogP contribution in [0.4, 0.5) is 27.6 Å². The first-order valence-corrected chi connectivity index (χ1v) is 10.2. The highest BCUT2D eigenvalue weighted by molar-refractivity contribution is 5.82. The molecule has 0 spiro atoms. The zero-order chi connectivity index (χ0) is 21.5. The summed E-state index contributed by atoms with van der Waals surface area (Å²) in [5.74, 6) is -3.06. The van der Waals surface area contributed by atoms with E-state index in [1.807, 2.05) is 4.90 Å². The molecule has 1 aromatic rings. The normalized spacial score (nSPS) is 27.6. The largest absolute Gasteiger partial charge is 0.416 e. The van der Waals surface area contributed by atoms with Gasteiger partial charge in [0.25, 0.3) is 5.92 Å². The predicted molar refractivity (Wildman–Crippen MR) is 102 cm³/mol. The summed E-state index contributed by atoms with van der Waals surface area (Å²) in [6.07, 6.45) is -4.09. The second kappa shape index (κ2) is 7.96. The fourth-order valence-corrected chi connectivity index (χ4v) is 4.55. The van der Waals surface area contributed by atoms with E-state index in [4.69, 9.17) is 0 Å². The number of likely N-dealkylation sites (tertiary alicyclic amines) is 1. The van der Waals surface area contributed by atoms with E-state index in [9.17, 15) is 26.7 Å². The van der Waals surface area contributed by atoms with Gasteiger partial charge >= 0.3 is 6.18 Å². The van der Waals surface area contributed by atoms with Crippen molar-refractivity contribution < 1.29 is 26.7 Å². The number of halogens is 5. The summed E-state index contributed by atoms with van der Waals surface area (Å²) >= 11 is 0. The quantitative estimate of drug-likeness (QED) is 0.745.